The highest BCUT2D eigenvalue weighted by Crippen LogP contribution is 2.18. The highest BCUT2D eigenvalue weighted by atomic mass is 127. The number of pyridine rings is 1. The van der Waals surface area contributed by atoms with Crippen molar-refractivity contribution in [3.05, 3.63) is 57.4 Å². The van der Waals surface area contributed by atoms with Crippen molar-refractivity contribution < 1.29 is 4.74 Å². The minimum atomic E-state index is 0.587. The Morgan fingerprint density at radius 1 is 1.12 bits per heavy atom. The van der Waals surface area contributed by atoms with Crippen molar-refractivity contribution in [2.75, 3.05) is 0 Å². The molecule has 0 saturated heterocycles. The van der Waals surface area contributed by atoms with Crippen molar-refractivity contribution in [2.45, 2.75) is 13.5 Å². The summed E-state index contributed by atoms with van der Waals surface area (Å²) in [6.45, 7) is 2.55. The lowest BCUT2D eigenvalue weighted by Gasteiger charge is -2.08. The number of aromatic nitrogens is 1. The molecule has 2 aromatic rings. The lowest BCUT2D eigenvalue weighted by Crippen LogP contribution is -1.98. The highest BCUT2D eigenvalue weighted by molar-refractivity contribution is 14.1. The Morgan fingerprint density at radius 2 is 1.88 bits per heavy atom. The molecule has 82 valence electrons. The Bertz CT molecular complexity index is 471. The molecular formula is C13H12INO. The SMILES string of the molecule is Cc1nc(I)ccc1OCc1ccccc1. The van der Waals surface area contributed by atoms with Gasteiger partial charge in [0, 0.05) is 0 Å². The minimum absolute atomic E-state index is 0.587. The molecule has 2 nitrogen and oxygen atoms in total. The Hall–Kier alpha value is -1.10. The molecule has 0 aliphatic carbocycles. The first-order chi connectivity index (χ1) is 7.75. The first-order valence-electron chi connectivity index (χ1n) is 5.05. The summed E-state index contributed by atoms with van der Waals surface area (Å²) in [5.74, 6) is 0.851. The number of hydrogen-bond donors (Lipinski definition) is 0. The van der Waals surface area contributed by atoms with Crippen molar-refractivity contribution in [2.24, 2.45) is 0 Å². The smallest absolute Gasteiger partial charge is 0.141 e. The number of rotatable bonds is 3. The number of nitrogens with zero attached hydrogens (tertiary/aromatic N) is 1. The van der Waals surface area contributed by atoms with Gasteiger partial charge in [0.05, 0.1) is 5.69 Å². The van der Waals surface area contributed by atoms with Gasteiger partial charge < -0.3 is 4.74 Å². The second-order valence-electron chi connectivity index (χ2n) is 3.49. The molecule has 0 bridgehead atoms. The normalized spacial score (nSPS) is 10.1. The van der Waals surface area contributed by atoms with Gasteiger partial charge in [-0.1, -0.05) is 30.3 Å². The molecule has 16 heavy (non-hydrogen) atoms. The maximum atomic E-state index is 5.71. The summed E-state index contributed by atoms with van der Waals surface area (Å²) in [5, 5.41) is 0. The van der Waals surface area contributed by atoms with E-state index in [1.165, 1.54) is 5.56 Å². The lowest BCUT2D eigenvalue weighted by atomic mass is 10.2. The summed E-state index contributed by atoms with van der Waals surface area (Å²) in [6.07, 6.45) is 0. The van der Waals surface area contributed by atoms with Crippen molar-refractivity contribution in [1.82, 2.24) is 4.98 Å². The molecule has 0 spiro atoms. The molecule has 0 amide bonds. The van der Waals surface area contributed by atoms with Gasteiger partial charge in [-0.3, -0.25) is 0 Å². The van der Waals surface area contributed by atoms with Crippen LogP contribution < -0.4 is 4.74 Å². The number of hydrogen-bond acceptors (Lipinski definition) is 2. The fourth-order valence-electron chi connectivity index (χ4n) is 1.41. The van der Waals surface area contributed by atoms with Gasteiger partial charge in [-0.2, -0.15) is 0 Å². The molecule has 2 rings (SSSR count). The van der Waals surface area contributed by atoms with Crippen LogP contribution >= 0.6 is 22.6 Å². The van der Waals surface area contributed by atoms with Crippen LogP contribution in [0.25, 0.3) is 0 Å². The largest absolute Gasteiger partial charge is 0.487 e. The van der Waals surface area contributed by atoms with Crippen LogP contribution in [0, 0.1) is 10.6 Å². The summed E-state index contributed by atoms with van der Waals surface area (Å²) in [7, 11) is 0. The van der Waals surface area contributed by atoms with E-state index in [0.717, 1.165) is 15.1 Å². The molecule has 0 unspecified atom stereocenters. The quantitative estimate of drug-likeness (QED) is 0.636. The number of benzene rings is 1. The lowest BCUT2D eigenvalue weighted by molar-refractivity contribution is 0.302. The van der Waals surface area contributed by atoms with E-state index in [4.69, 9.17) is 4.74 Å². The van der Waals surface area contributed by atoms with E-state index < -0.39 is 0 Å². The van der Waals surface area contributed by atoms with Crippen LogP contribution in [0.5, 0.6) is 5.75 Å². The van der Waals surface area contributed by atoms with E-state index in [2.05, 4.69) is 39.7 Å². The van der Waals surface area contributed by atoms with Gasteiger partial charge in [0.1, 0.15) is 16.1 Å². The van der Waals surface area contributed by atoms with Gasteiger partial charge in [-0.25, -0.2) is 4.98 Å². The minimum Gasteiger partial charge on any atom is -0.487 e. The Labute approximate surface area is 109 Å². The van der Waals surface area contributed by atoms with Crippen molar-refractivity contribution in [3.8, 4) is 5.75 Å². The molecule has 0 aliphatic heterocycles. The molecular weight excluding hydrogens is 313 g/mol. The van der Waals surface area contributed by atoms with Crippen molar-refractivity contribution in [3.63, 3.8) is 0 Å². The third-order valence-electron chi connectivity index (χ3n) is 2.24. The fourth-order valence-corrected chi connectivity index (χ4v) is 1.95. The molecule has 3 heteroatoms. The van der Waals surface area contributed by atoms with Gasteiger partial charge in [-0.05, 0) is 47.2 Å². The van der Waals surface area contributed by atoms with Gasteiger partial charge >= 0.3 is 0 Å². The monoisotopic (exact) mass is 325 g/mol. The van der Waals surface area contributed by atoms with Gasteiger partial charge in [0.15, 0.2) is 0 Å². The van der Waals surface area contributed by atoms with Gasteiger partial charge in [0.25, 0.3) is 0 Å². The number of ether oxygens (including phenoxy) is 1. The summed E-state index contributed by atoms with van der Waals surface area (Å²) in [6, 6.07) is 14.0. The zero-order chi connectivity index (χ0) is 11.4. The molecule has 1 aromatic heterocycles. The fraction of sp³-hybridized carbons (Fsp3) is 0.154. The molecule has 0 atom stereocenters. The predicted molar refractivity (Wildman–Crippen MR) is 72.5 cm³/mol. The van der Waals surface area contributed by atoms with E-state index >= 15 is 0 Å². The molecule has 0 N–H and O–H groups in total. The van der Waals surface area contributed by atoms with Gasteiger partial charge in [-0.15, -0.1) is 0 Å². The third-order valence-corrected chi connectivity index (χ3v) is 2.84. The van der Waals surface area contributed by atoms with Crippen LogP contribution in [0.1, 0.15) is 11.3 Å². The summed E-state index contributed by atoms with van der Waals surface area (Å²) in [4.78, 5) is 4.35. The Kier molecular flexibility index (Phi) is 3.77. The van der Waals surface area contributed by atoms with Gasteiger partial charge in [0.2, 0.25) is 0 Å². The maximum absolute atomic E-state index is 5.71. The zero-order valence-electron chi connectivity index (χ0n) is 8.98. The van der Waals surface area contributed by atoms with Crippen LogP contribution in [0.3, 0.4) is 0 Å². The van der Waals surface area contributed by atoms with Crippen LogP contribution in [-0.2, 0) is 6.61 Å². The first-order valence-corrected chi connectivity index (χ1v) is 6.13. The van der Waals surface area contributed by atoms with E-state index in [0.29, 0.717) is 6.61 Å². The predicted octanol–water partition coefficient (Wildman–Crippen LogP) is 3.57. The summed E-state index contributed by atoms with van der Waals surface area (Å²) < 4.78 is 6.70. The Balaban J connectivity index is 2.05. The molecule has 0 saturated carbocycles. The molecule has 0 aliphatic rings. The average Bonchev–Trinajstić information content (AvgIpc) is 2.29. The summed E-state index contributed by atoms with van der Waals surface area (Å²) >= 11 is 2.20. The zero-order valence-corrected chi connectivity index (χ0v) is 11.1. The van der Waals surface area contributed by atoms with E-state index in [1.54, 1.807) is 0 Å². The number of halogens is 1. The Morgan fingerprint density at radius 3 is 2.56 bits per heavy atom. The highest BCUT2D eigenvalue weighted by Gasteiger charge is 2.01. The molecule has 1 heterocycles. The van der Waals surface area contributed by atoms with E-state index in [9.17, 15) is 0 Å². The summed E-state index contributed by atoms with van der Waals surface area (Å²) in [5.41, 5.74) is 2.10. The molecule has 0 radical (unpaired) electrons. The van der Waals surface area contributed by atoms with E-state index in [-0.39, 0.29) is 0 Å². The van der Waals surface area contributed by atoms with E-state index in [1.807, 2.05) is 37.3 Å². The maximum Gasteiger partial charge on any atom is 0.141 e. The van der Waals surface area contributed by atoms with Crippen molar-refractivity contribution in [1.29, 1.82) is 0 Å². The molecule has 0 fully saturated rings. The standard InChI is InChI=1S/C13H12INO/c1-10-12(7-8-13(14)15-10)16-9-11-5-3-2-4-6-11/h2-8H,9H2,1H3. The second kappa shape index (κ2) is 5.30. The van der Waals surface area contributed by atoms with Crippen LogP contribution in [-0.4, -0.2) is 4.98 Å². The first kappa shape index (κ1) is 11.4. The van der Waals surface area contributed by atoms with Crippen LogP contribution in [0.2, 0.25) is 0 Å². The average molecular weight is 325 g/mol. The third kappa shape index (κ3) is 2.95. The van der Waals surface area contributed by atoms with Crippen molar-refractivity contribution >= 4 is 22.6 Å². The second-order valence-corrected chi connectivity index (χ2v) is 4.60. The number of aryl methyl sites for hydroxylation is 1. The van der Waals surface area contributed by atoms with Crippen LogP contribution in [0.4, 0.5) is 0 Å². The van der Waals surface area contributed by atoms with Crippen LogP contribution in [0.15, 0.2) is 42.5 Å². The topological polar surface area (TPSA) is 22.1 Å². The molecule has 1 aromatic carbocycles.